The van der Waals surface area contributed by atoms with Crippen molar-refractivity contribution >= 4 is 40.9 Å². The Bertz CT molecular complexity index is 905. The zero-order chi connectivity index (χ0) is 18.8. The zero-order valence-electron chi connectivity index (χ0n) is 14.5. The number of benzene rings is 2. The fourth-order valence-electron chi connectivity index (χ4n) is 3.12. The average molecular weight is 384 g/mol. The maximum Gasteiger partial charge on any atom is 0.282 e. The van der Waals surface area contributed by atoms with Crippen molar-refractivity contribution in [3.63, 3.8) is 0 Å². The fraction of sp³-hybridized carbons (Fsp3) is 0.200. The number of hydrazine groups is 1. The molecule has 6 nitrogen and oxygen atoms in total. The number of ether oxygens (including phenoxy) is 1. The van der Waals surface area contributed by atoms with Crippen molar-refractivity contribution < 1.29 is 14.3 Å². The lowest BCUT2D eigenvalue weighted by atomic mass is 10.1. The van der Waals surface area contributed by atoms with Crippen molar-refractivity contribution in [2.45, 2.75) is 0 Å². The number of carbonyl (C=O) groups excluding carboxylic acids is 2. The molecule has 2 aromatic carbocycles. The van der Waals surface area contributed by atoms with Gasteiger partial charge in [0, 0.05) is 23.8 Å². The van der Waals surface area contributed by atoms with Gasteiger partial charge < -0.3 is 9.64 Å². The summed E-state index contributed by atoms with van der Waals surface area (Å²) in [4.78, 5) is 27.2. The Balaban J connectivity index is 1.54. The number of hydrogen-bond acceptors (Lipinski definition) is 4. The molecule has 0 spiro atoms. The van der Waals surface area contributed by atoms with Crippen LogP contribution in [0.3, 0.4) is 0 Å². The standard InChI is InChI=1S/C20H18ClN3O3/c21-15-2-1-3-17(13-15)24-20(26)18(19(25)22-24)12-14-4-6-16(7-5-14)23-8-10-27-11-9-23/h1-7,12-13H,8-11H2,(H,22,25)/b18-12+. The van der Waals surface area contributed by atoms with E-state index in [1.54, 1.807) is 30.3 Å². The van der Waals surface area contributed by atoms with Crippen LogP contribution >= 0.6 is 11.6 Å². The van der Waals surface area contributed by atoms with Crippen LogP contribution in [0.5, 0.6) is 0 Å². The van der Waals surface area contributed by atoms with Crippen LogP contribution in [0.4, 0.5) is 11.4 Å². The molecule has 2 fully saturated rings. The Labute approximate surface area is 161 Å². The molecule has 1 N–H and O–H groups in total. The fourth-order valence-corrected chi connectivity index (χ4v) is 3.31. The second-order valence-electron chi connectivity index (χ2n) is 6.31. The van der Waals surface area contributed by atoms with Crippen molar-refractivity contribution in [3.8, 4) is 0 Å². The molecule has 0 aliphatic carbocycles. The smallest absolute Gasteiger partial charge is 0.282 e. The van der Waals surface area contributed by atoms with E-state index in [-0.39, 0.29) is 5.57 Å². The van der Waals surface area contributed by atoms with Gasteiger partial charge in [-0.15, -0.1) is 0 Å². The summed E-state index contributed by atoms with van der Waals surface area (Å²) in [7, 11) is 0. The van der Waals surface area contributed by atoms with Gasteiger partial charge in [0.25, 0.3) is 11.8 Å². The Morgan fingerprint density at radius 1 is 1.00 bits per heavy atom. The Morgan fingerprint density at radius 2 is 1.74 bits per heavy atom. The van der Waals surface area contributed by atoms with Crippen molar-refractivity contribution in [2.24, 2.45) is 0 Å². The number of rotatable bonds is 3. The molecule has 0 atom stereocenters. The predicted molar refractivity (Wildman–Crippen MR) is 105 cm³/mol. The molecule has 2 saturated heterocycles. The van der Waals surface area contributed by atoms with Crippen LogP contribution < -0.4 is 15.3 Å². The average Bonchev–Trinajstić information content (AvgIpc) is 2.97. The van der Waals surface area contributed by atoms with E-state index >= 15 is 0 Å². The molecule has 2 aromatic rings. The van der Waals surface area contributed by atoms with Crippen LogP contribution in [0.1, 0.15) is 5.56 Å². The molecule has 2 heterocycles. The second kappa shape index (κ2) is 7.42. The summed E-state index contributed by atoms with van der Waals surface area (Å²) in [6.45, 7) is 3.16. The summed E-state index contributed by atoms with van der Waals surface area (Å²) in [5.41, 5.74) is 5.08. The molecule has 4 rings (SSSR count). The first-order valence-electron chi connectivity index (χ1n) is 8.67. The molecule has 2 aliphatic heterocycles. The van der Waals surface area contributed by atoms with Gasteiger partial charge in [-0.2, -0.15) is 0 Å². The first kappa shape index (κ1) is 17.6. The normalized spacial score (nSPS) is 18.9. The minimum absolute atomic E-state index is 0.0918. The minimum Gasteiger partial charge on any atom is -0.378 e. The molecule has 0 unspecified atom stereocenters. The largest absolute Gasteiger partial charge is 0.378 e. The summed E-state index contributed by atoms with van der Waals surface area (Å²) in [5.74, 6) is -0.836. The van der Waals surface area contributed by atoms with Crippen molar-refractivity contribution in [2.75, 3.05) is 36.2 Å². The Kier molecular flexibility index (Phi) is 4.83. The van der Waals surface area contributed by atoms with Crippen LogP contribution in [0.15, 0.2) is 54.1 Å². The van der Waals surface area contributed by atoms with Gasteiger partial charge in [-0.05, 0) is 42.0 Å². The Hall–Kier alpha value is -2.83. The summed E-state index contributed by atoms with van der Waals surface area (Å²) in [5, 5.41) is 1.70. The van der Waals surface area contributed by atoms with Gasteiger partial charge in [-0.1, -0.05) is 29.8 Å². The molecule has 0 saturated carbocycles. The zero-order valence-corrected chi connectivity index (χ0v) is 15.3. The van der Waals surface area contributed by atoms with E-state index in [4.69, 9.17) is 16.3 Å². The number of morpholine rings is 1. The van der Waals surface area contributed by atoms with Crippen LogP contribution in [0, 0.1) is 0 Å². The van der Waals surface area contributed by atoms with Crippen molar-refractivity contribution in [1.29, 1.82) is 0 Å². The third kappa shape index (κ3) is 3.67. The molecular formula is C20H18ClN3O3. The van der Waals surface area contributed by atoms with Gasteiger partial charge >= 0.3 is 0 Å². The van der Waals surface area contributed by atoms with E-state index < -0.39 is 11.8 Å². The molecule has 2 aliphatic rings. The number of anilines is 2. The van der Waals surface area contributed by atoms with Crippen molar-refractivity contribution in [1.82, 2.24) is 5.43 Å². The second-order valence-corrected chi connectivity index (χ2v) is 6.75. The van der Waals surface area contributed by atoms with Crippen molar-refractivity contribution in [3.05, 3.63) is 64.7 Å². The summed E-state index contributed by atoms with van der Waals surface area (Å²) in [6, 6.07) is 14.6. The quantitative estimate of drug-likeness (QED) is 0.653. The van der Waals surface area contributed by atoms with E-state index in [0.717, 1.165) is 37.6 Å². The van der Waals surface area contributed by atoms with Crippen LogP contribution in [-0.2, 0) is 14.3 Å². The third-order valence-electron chi connectivity index (χ3n) is 4.54. The molecule has 7 heteroatoms. The number of nitrogens with one attached hydrogen (secondary N) is 1. The van der Waals surface area contributed by atoms with E-state index in [0.29, 0.717) is 10.7 Å². The summed E-state index contributed by atoms with van der Waals surface area (Å²) in [6.07, 6.45) is 1.60. The maximum absolute atomic E-state index is 12.7. The van der Waals surface area contributed by atoms with E-state index in [2.05, 4.69) is 10.3 Å². The maximum atomic E-state index is 12.7. The van der Waals surface area contributed by atoms with Gasteiger partial charge in [0.05, 0.1) is 18.9 Å². The SMILES string of the molecule is O=C1NN(c2cccc(Cl)c2)C(=O)/C1=C/c1ccc(N2CCOCC2)cc1. The van der Waals surface area contributed by atoms with E-state index in [1.165, 1.54) is 5.01 Å². The topological polar surface area (TPSA) is 61.9 Å². The number of nitrogens with zero attached hydrogens (tertiary/aromatic N) is 2. The monoisotopic (exact) mass is 383 g/mol. The molecule has 0 bridgehead atoms. The number of amides is 2. The van der Waals surface area contributed by atoms with Gasteiger partial charge in [-0.3, -0.25) is 15.0 Å². The van der Waals surface area contributed by atoms with E-state index in [9.17, 15) is 9.59 Å². The lowest BCUT2D eigenvalue weighted by molar-refractivity contribution is -0.117. The predicted octanol–water partition coefficient (Wildman–Crippen LogP) is 2.64. The minimum atomic E-state index is -0.433. The van der Waals surface area contributed by atoms with Crippen LogP contribution in [0.2, 0.25) is 5.02 Å². The number of carbonyl (C=O) groups is 2. The highest BCUT2D eigenvalue weighted by Gasteiger charge is 2.34. The molecule has 27 heavy (non-hydrogen) atoms. The summed E-state index contributed by atoms with van der Waals surface area (Å²) < 4.78 is 5.37. The van der Waals surface area contributed by atoms with Gasteiger partial charge in [0.2, 0.25) is 0 Å². The first-order chi connectivity index (χ1) is 13.1. The van der Waals surface area contributed by atoms with Gasteiger partial charge in [0.15, 0.2) is 0 Å². The van der Waals surface area contributed by atoms with Crippen LogP contribution in [0.25, 0.3) is 6.08 Å². The summed E-state index contributed by atoms with van der Waals surface area (Å²) >= 11 is 5.98. The molecule has 2 amide bonds. The van der Waals surface area contributed by atoms with Crippen LogP contribution in [-0.4, -0.2) is 38.1 Å². The first-order valence-corrected chi connectivity index (χ1v) is 9.05. The lowest BCUT2D eigenvalue weighted by Crippen LogP contribution is -2.36. The van der Waals surface area contributed by atoms with Gasteiger partial charge in [-0.25, -0.2) is 5.01 Å². The molecular weight excluding hydrogens is 366 g/mol. The highest BCUT2D eigenvalue weighted by atomic mass is 35.5. The Morgan fingerprint density at radius 3 is 2.44 bits per heavy atom. The third-order valence-corrected chi connectivity index (χ3v) is 4.77. The highest BCUT2D eigenvalue weighted by molar-refractivity contribution is 6.33. The number of halogens is 1. The highest BCUT2D eigenvalue weighted by Crippen LogP contribution is 2.24. The molecule has 138 valence electrons. The molecule has 0 radical (unpaired) electrons. The lowest BCUT2D eigenvalue weighted by Gasteiger charge is -2.28. The van der Waals surface area contributed by atoms with E-state index in [1.807, 2.05) is 24.3 Å². The molecule has 0 aromatic heterocycles. The van der Waals surface area contributed by atoms with Gasteiger partial charge in [0.1, 0.15) is 5.57 Å². The number of hydrogen-bond donors (Lipinski definition) is 1.